The summed E-state index contributed by atoms with van der Waals surface area (Å²) in [4.78, 5) is 51.4. The van der Waals surface area contributed by atoms with Gasteiger partial charge in [-0.05, 0) is 76.5 Å². The second-order valence-corrected chi connectivity index (χ2v) is 19.2. The van der Waals surface area contributed by atoms with Crippen molar-refractivity contribution < 1.29 is 42.9 Å². The van der Waals surface area contributed by atoms with Crippen LogP contribution in [0.5, 0.6) is 5.75 Å². The van der Waals surface area contributed by atoms with Crippen molar-refractivity contribution >= 4 is 71.4 Å². The Balaban J connectivity index is 1.57. The fourth-order valence-corrected chi connectivity index (χ4v) is 11.4. The Bertz CT molecular complexity index is 1890. The summed E-state index contributed by atoms with van der Waals surface area (Å²) < 4.78 is 30.1. The lowest BCUT2D eigenvalue weighted by molar-refractivity contribution is -0.249. The molecule has 5 rings (SSSR count). The van der Waals surface area contributed by atoms with Crippen LogP contribution in [-0.2, 0) is 39.8 Å². The van der Waals surface area contributed by atoms with E-state index in [0.29, 0.717) is 30.0 Å². The van der Waals surface area contributed by atoms with E-state index in [1.807, 2.05) is 112 Å². The highest BCUT2D eigenvalue weighted by molar-refractivity contribution is 6.98. The normalized spacial score (nSPS) is 19.8. The predicted molar refractivity (Wildman–Crippen MR) is 220 cm³/mol. The van der Waals surface area contributed by atoms with E-state index < -0.39 is 73.5 Å². The molecule has 0 saturated carbocycles. The van der Waals surface area contributed by atoms with Gasteiger partial charge in [-0.3, -0.25) is 14.4 Å². The highest BCUT2D eigenvalue weighted by atomic mass is 35.5. The van der Waals surface area contributed by atoms with Crippen LogP contribution in [0.15, 0.2) is 103 Å². The SMILES string of the molecule is CCOc1ccc(Cc2cc(C3OC(CCC(C)(C)[Si](O)(c4ccccc4)c4ccccc4)C(OC(C)=O)C(OC(=O)CCl)C3OC(=O)CCl)ccc2Cl)cc1. The minimum absolute atomic E-state index is 0.244. The van der Waals surface area contributed by atoms with Crippen LogP contribution in [0.3, 0.4) is 0 Å². The Morgan fingerprint density at radius 1 is 0.786 bits per heavy atom. The van der Waals surface area contributed by atoms with E-state index in [-0.39, 0.29) is 6.42 Å². The number of carbonyl (C=O) groups excluding carboxylic acids is 3. The van der Waals surface area contributed by atoms with E-state index in [4.69, 9.17) is 58.5 Å². The zero-order valence-electron chi connectivity index (χ0n) is 31.8. The van der Waals surface area contributed by atoms with Gasteiger partial charge in [0.1, 0.15) is 23.6 Å². The molecule has 0 bridgehead atoms. The number of carbonyl (C=O) groups is 3. The maximum atomic E-state index is 12.9. The highest BCUT2D eigenvalue weighted by Crippen LogP contribution is 2.45. The minimum Gasteiger partial charge on any atom is -0.494 e. The molecule has 0 aliphatic carbocycles. The first-order chi connectivity index (χ1) is 26.8. The summed E-state index contributed by atoms with van der Waals surface area (Å²) in [6.45, 7) is 7.73. The number of rotatable bonds is 16. The lowest BCUT2D eigenvalue weighted by Crippen LogP contribution is -2.65. The van der Waals surface area contributed by atoms with Gasteiger partial charge < -0.3 is 28.5 Å². The Morgan fingerprint density at radius 3 is 1.89 bits per heavy atom. The summed E-state index contributed by atoms with van der Waals surface area (Å²) >= 11 is 18.6. The number of halogens is 3. The molecule has 1 aliphatic heterocycles. The van der Waals surface area contributed by atoms with Crippen molar-refractivity contribution in [2.45, 2.75) is 82.5 Å². The largest absolute Gasteiger partial charge is 0.494 e. The van der Waals surface area contributed by atoms with E-state index in [1.165, 1.54) is 6.92 Å². The maximum Gasteiger partial charge on any atom is 0.321 e. The zero-order chi connectivity index (χ0) is 40.5. The van der Waals surface area contributed by atoms with Crippen molar-refractivity contribution in [3.05, 3.63) is 125 Å². The summed E-state index contributed by atoms with van der Waals surface area (Å²) in [7, 11) is -3.47. The number of benzene rings is 4. The van der Waals surface area contributed by atoms with Crippen LogP contribution in [0.2, 0.25) is 10.1 Å². The molecule has 0 spiro atoms. The molecule has 0 amide bonds. The Morgan fingerprint density at radius 2 is 1.36 bits per heavy atom. The molecule has 5 atom stereocenters. The van der Waals surface area contributed by atoms with Crippen LogP contribution in [0, 0.1) is 0 Å². The van der Waals surface area contributed by atoms with Gasteiger partial charge in [0.15, 0.2) is 18.3 Å². The number of alkyl halides is 2. The number of hydrogen-bond donors (Lipinski definition) is 1. The van der Waals surface area contributed by atoms with Crippen molar-refractivity contribution in [1.82, 2.24) is 0 Å². The van der Waals surface area contributed by atoms with E-state index in [0.717, 1.165) is 27.2 Å². The van der Waals surface area contributed by atoms with Gasteiger partial charge in [-0.15, -0.1) is 23.2 Å². The first-order valence-corrected chi connectivity index (χ1v) is 21.9. The third-order valence-electron chi connectivity index (χ3n) is 10.1. The molecular formula is C43H47Cl3O9Si. The summed E-state index contributed by atoms with van der Waals surface area (Å²) in [6, 6.07) is 32.2. The molecule has 13 heteroatoms. The zero-order valence-corrected chi connectivity index (χ0v) is 35.1. The predicted octanol–water partition coefficient (Wildman–Crippen LogP) is 7.31. The van der Waals surface area contributed by atoms with Gasteiger partial charge in [-0.25, -0.2) is 0 Å². The van der Waals surface area contributed by atoms with Crippen LogP contribution in [0.1, 0.15) is 63.3 Å². The first-order valence-electron chi connectivity index (χ1n) is 18.5. The van der Waals surface area contributed by atoms with Crippen LogP contribution < -0.4 is 15.1 Å². The Labute approximate surface area is 344 Å². The van der Waals surface area contributed by atoms with Crippen molar-refractivity contribution in [2.24, 2.45) is 0 Å². The molecule has 1 N–H and O–H groups in total. The third-order valence-corrected chi connectivity index (χ3v) is 15.5. The minimum atomic E-state index is -3.47. The molecule has 5 unspecified atom stereocenters. The van der Waals surface area contributed by atoms with E-state index in [2.05, 4.69) is 0 Å². The fraction of sp³-hybridized carbons (Fsp3) is 0.372. The fourth-order valence-electron chi connectivity index (χ4n) is 7.37. The van der Waals surface area contributed by atoms with Gasteiger partial charge in [0.05, 0.1) is 12.7 Å². The smallest absolute Gasteiger partial charge is 0.321 e. The van der Waals surface area contributed by atoms with Crippen LogP contribution in [0.25, 0.3) is 0 Å². The van der Waals surface area contributed by atoms with Crippen molar-refractivity contribution in [1.29, 1.82) is 0 Å². The molecule has 1 saturated heterocycles. The standard InChI is InChI=1S/C43H47Cl3O9Si/c1-5-51-32-19-16-29(17-20-32)24-31-25-30(18-21-35(31)46)39-41(54-37(48)26-44)42(55-38(49)27-45)40(52-28(2)47)36(53-39)22-23-43(3,4)56(50,33-12-8-6-9-13-33)34-14-10-7-11-15-34/h6-21,25,36,39-42,50H,5,22-24,26-27H2,1-4H3. The molecule has 9 nitrogen and oxygen atoms in total. The molecule has 0 radical (unpaired) electrons. The van der Waals surface area contributed by atoms with Gasteiger partial charge in [-0.1, -0.05) is 110 Å². The van der Waals surface area contributed by atoms with Crippen molar-refractivity contribution in [3.8, 4) is 5.75 Å². The van der Waals surface area contributed by atoms with Gasteiger partial charge in [0.25, 0.3) is 8.32 Å². The van der Waals surface area contributed by atoms with E-state index in [9.17, 15) is 19.2 Å². The van der Waals surface area contributed by atoms with Gasteiger partial charge in [-0.2, -0.15) is 0 Å². The quantitative estimate of drug-likeness (QED) is 0.0537. The summed E-state index contributed by atoms with van der Waals surface area (Å²) in [5.74, 6) is -2.55. The summed E-state index contributed by atoms with van der Waals surface area (Å²) in [6.07, 6.45) is -4.72. The molecule has 0 aromatic heterocycles. The molecule has 56 heavy (non-hydrogen) atoms. The van der Waals surface area contributed by atoms with Gasteiger partial charge in [0, 0.05) is 11.9 Å². The average molecular weight is 842 g/mol. The van der Waals surface area contributed by atoms with Crippen LogP contribution in [-0.4, -0.2) is 73.8 Å². The lowest BCUT2D eigenvalue weighted by atomic mass is 9.87. The summed E-state index contributed by atoms with van der Waals surface area (Å²) in [5.41, 5.74) is 2.30. The lowest BCUT2D eigenvalue weighted by Gasteiger charge is -2.47. The van der Waals surface area contributed by atoms with Crippen LogP contribution in [0.4, 0.5) is 0 Å². The molecule has 1 aliphatic rings. The van der Waals surface area contributed by atoms with E-state index >= 15 is 0 Å². The second kappa shape index (κ2) is 19.5. The number of hydrogen-bond acceptors (Lipinski definition) is 9. The number of ether oxygens (including phenoxy) is 5. The molecule has 4 aromatic carbocycles. The summed E-state index contributed by atoms with van der Waals surface area (Å²) in [5, 5.41) is 1.45. The van der Waals surface area contributed by atoms with E-state index in [1.54, 1.807) is 12.1 Å². The van der Waals surface area contributed by atoms with Gasteiger partial charge in [0.2, 0.25) is 0 Å². The molecular weight excluding hydrogens is 795 g/mol. The van der Waals surface area contributed by atoms with Crippen molar-refractivity contribution in [2.75, 3.05) is 18.4 Å². The highest BCUT2D eigenvalue weighted by Gasteiger charge is 2.54. The first kappa shape index (κ1) is 43.2. The Kier molecular flexibility index (Phi) is 15.1. The topological polar surface area (TPSA) is 118 Å². The molecule has 298 valence electrons. The Hall–Kier alpha value is -3.90. The van der Waals surface area contributed by atoms with Crippen LogP contribution >= 0.6 is 34.8 Å². The number of esters is 3. The average Bonchev–Trinajstić information content (AvgIpc) is 3.20. The van der Waals surface area contributed by atoms with Crippen molar-refractivity contribution in [3.63, 3.8) is 0 Å². The molecule has 4 aromatic rings. The van der Waals surface area contributed by atoms with Gasteiger partial charge >= 0.3 is 17.9 Å². The molecule has 1 fully saturated rings. The maximum absolute atomic E-state index is 12.9. The third kappa shape index (κ3) is 10.1. The molecule has 1 heterocycles. The second-order valence-electron chi connectivity index (χ2n) is 14.3. The monoisotopic (exact) mass is 840 g/mol.